The number of aromatic nitrogens is 2. The lowest BCUT2D eigenvalue weighted by Crippen LogP contribution is -2.17. The quantitative estimate of drug-likeness (QED) is 0.633. The molecule has 5 heteroatoms. The second kappa shape index (κ2) is 5.38. The van der Waals surface area contributed by atoms with E-state index in [1.54, 1.807) is 7.05 Å². The van der Waals surface area contributed by atoms with Crippen molar-refractivity contribution >= 4 is 23.4 Å². The number of thioether (sulfide) groups is 1. The van der Waals surface area contributed by atoms with E-state index in [0.29, 0.717) is 5.16 Å². The predicted molar refractivity (Wildman–Crippen MR) is 70.5 cm³/mol. The van der Waals surface area contributed by atoms with E-state index < -0.39 is 0 Å². The average molecular weight is 267 g/mol. The highest BCUT2D eigenvalue weighted by molar-refractivity contribution is 7.98. The first-order valence-electron chi connectivity index (χ1n) is 5.06. The fourth-order valence-electron chi connectivity index (χ4n) is 1.37. The Balaban J connectivity index is 2.13. The van der Waals surface area contributed by atoms with Crippen LogP contribution < -0.4 is 5.56 Å². The van der Waals surface area contributed by atoms with Crippen molar-refractivity contribution in [2.45, 2.75) is 10.9 Å². The predicted octanol–water partition coefficient (Wildman–Crippen LogP) is 2.73. The van der Waals surface area contributed by atoms with Crippen molar-refractivity contribution in [3.63, 3.8) is 0 Å². The summed E-state index contributed by atoms with van der Waals surface area (Å²) in [5.74, 6) is 0.741. The first-order valence-corrected chi connectivity index (χ1v) is 6.42. The molecule has 0 aliphatic carbocycles. The number of hydrogen-bond donors (Lipinski definition) is 0. The molecule has 0 aliphatic rings. The Morgan fingerprint density at radius 2 is 2.24 bits per heavy atom. The van der Waals surface area contributed by atoms with E-state index in [1.807, 2.05) is 24.3 Å². The van der Waals surface area contributed by atoms with Gasteiger partial charge >= 0.3 is 0 Å². The van der Waals surface area contributed by atoms with Crippen LogP contribution in [0.5, 0.6) is 0 Å². The molecule has 2 aromatic rings. The molecule has 0 fully saturated rings. The van der Waals surface area contributed by atoms with E-state index in [1.165, 1.54) is 28.6 Å². The number of rotatable bonds is 3. The third kappa shape index (κ3) is 3.11. The molecule has 0 radical (unpaired) electrons. The van der Waals surface area contributed by atoms with Crippen molar-refractivity contribution in [1.82, 2.24) is 9.55 Å². The lowest BCUT2D eigenvalue weighted by atomic mass is 10.2. The summed E-state index contributed by atoms with van der Waals surface area (Å²) in [6.07, 6.45) is 1.53. The summed E-state index contributed by atoms with van der Waals surface area (Å²) in [4.78, 5) is 15.6. The van der Waals surface area contributed by atoms with E-state index >= 15 is 0 Å². The zero-order valence-electron chi connectivity index (χ0n) is 9.26. The first-order chi connectivity index (χ1) is 8.16. The van der Waals surface area contributed by atoms with Crippen molar-refractivity contribution in [3.05, 3.63) is 57.5 Å². The van der Waals surface area contributed by atoms with Crippen molar-refractivity contribution in [2.75, 3.05) is 0 Å². The van der Waals surface area contributed by atoms with Crippen LogP contribution in [0.4, 0.5) is 0 Å². The topological polar surface area (TPSA) is 34.9 Å². The van der Waals surface area contributed by atoms with E-state index in [-0.39, 0.29) is 5.56 Å². The Hall–Kier alpha value is -1.26. The van der Waals surface area contributed by atoms with E-state index in [2.05, 4.69) is 4.98 Å². The van der Waals surface area contributed by atoms with Crippen LogP contribution in [0.3, 0.4) is 0 Å². The smallest absolute Gasteiger partial charge is 0.253 e. The molecule has 0 amide bonds. The molecule has 3 nitrogen and oxygen atoms in total. The Bertz CT molecular complexity index is 583. The van der Waals surface area contributed by atoms with Gasteiger partial charge in [0.1, 0.15) is 0 Å². The zero-order valence-corrected chi connectivity index (χ0v) is 10.8. The maximum atomic E-state index is 11.4. The van der Waals surface area contributed by atoms with E-state index in [4.69, 9.17) is 11.6 Å². The summed E-state index contributed by atoms with van der Waals surface area (Å²) in [7, 11) is 1.72. The maximum absolute atomic E-state index is 11.4. The third-order valence-electron chi connectivity index (χ3n) is 2.28. The molecule has 0 N–H and O–H groups in total. The van der Waals surface area contributed by atoms with Gasteiger partial charge in [-0.05, 0) is 17.7 Å². The SMILES string of the molecule is Cn1c(SCc2cccc(Cl)c2)nccc1=O. The van der Waals surface area contributed by atoms with Gasteiger partial charge in [0.25, 0.3) is 5.56 Å². The van der Waals surface area contributed by atoms with Gasteiger partial charge in [0.05, 0.1) is 0 Å². The highest BCUT2D eigenvalue weighted by atomic mass is 35.5. The Labute approximate surface area is 108 Å². The summed E-state index contributed by atoms with van der Waals surface area (Å²) >= 11 is 7.42. The van der Waals surface area contributed by atoms with Gasteiger partial charge in [-0.25, -0.2) is 4.98 Å². The number of benzene rings is 1. The molecule has 0 unspecified atom stereocenters. The summed E-state index contributed by atoms with van der Waals surface area (Å²) in [6.45, 7) is 0. The Kier molecular flexibility index (Phi) is 3.86. The largest absolute Gasteiger partial charge is 0.291 e. The molecular weight excluding hydrogens is 256 g/mol. The van der Waals surface area contributed by atoms with Gasteiger partial charge in [0.2, 0.25) is 0 Å². The van der Waals surface area contributed by atoms with Crippen molar-refractivity contribution in [3.8, 4) is 0 Å². The summed E-state index contributed by atoms with van der Waals surface area (Å²) < 4.78 is 1.54. The van der Waals surface area contributed by atoms with Crippen LogP contribution in [-0.4, -0.2) is 9.55 Å². The molecule has 1 aromatic carbocycles. The van der Waals surface area contributed by atoms with E-state index in [9.17, 15) is 4.79 Å². The molecule has 88 valence electrons. The molecule has 0 aliphatic heterocycles. The average Bonchev–Trinajstić information content (AvgIpc) is 2.31. The molecule has 1 heterocycles. The van der Waals surface area contributed by atoms with Crippen LogP contribution in [0.2, 0.25) is 5.02 Å². The minimum Gasteiger partial charge on any atom is -0.291 e. The van der Waals surface area contributed by atoms with Gasteiger partial charge in [-0.15, -0.1) is 0 Å². The third-order valence-corrected chi connectivity index (χ3v) is 3.63. The minimum atomic E-state index is -0.0476. The summed E-state index contributed by atoms with van der Waals surface area (Å²) in [5.41, 5.74) is 1.06. The van der Waals surface area contributed by atoms with E-state index in [0.717, 1.165) is 16.3 Å². The highest BCUT2D eigenvalue weighted by Gasteiger charge is 2.02. The van der Waals surface area contributed by atoms with Crippen molar-refractivity contribution in [2.24, 2.45) is 7.05 Å². The van der Waals surface area contributed by atoms with Crippen LogP contribution in [0, 0.1) is 0 Å². The van der Waals surface area contributed by atoms with Crippen LogP contribution in [0.1, 0.15) is 5.56 Å². The normalized spacial score (nSPS) is 10.5. The Morgan fingerprint density at radius 1 is 1.41 bits per heavy atom. The fraction of sp³-hybridized carbons (Fsp3) is 0.167. The zero-order chi connectivity index (χ0) is 12.3. The fourth-order valence-corrected chi connectivity index (χ4v) is 2.47. The van der Waals surface area contributed by atoms with Crippen LogP contribution in [-0.2, 0) is 12.8 Å². The van der Waals surface area contributed by atoms with Gasteiger partial charge in [-0.1, -0.05) is 35.5 Å². The molecule has 0 saturated carbocycles. The number of halogens is 1. The van der Waals surface area contributed by atoms with Gasteiger partial charge in [0.15, 0.2) is 5.16 Å². The molecule has 0 atom stereocenters. The standard InChI is InChI=1S/C12H11ClN2OS/c1-15-11(16)5-6-14-12(15)17-8-9-3-2-4-10(13)7-9/h2-7H,8H2,1H3. The van der Waals surface area contributed by atoms with Gasteiger partial charge in [-0.2, -0.15) is 0 Å². The second-order valence-corrected chi connectivity index (χ2v) is 4.92. The molecule has 0 spiro atoms. The highest BCUT2D eigenvalue weighted by Crippen LogP contribution is 2.20. The Morgan fingerprint density at radius 3 is 3.00 bits per heavy atom. The monoisotopic (exact) mass is 266 g/mol. The first kappa shape index (κ1) is 12.2. The second-order valence-electron chi connectivity index (χ2n) is 3.54. The molecule has 17 heavy (non-hydrogen) atoms. The van der Waals surface area contributed by atoms with Gasteiger partial charge < -0.3 is 0 Å². The molecule has 0 bridgehead atoms. The van der Waals surface area contributed by atoms with Gasteiger partial charge in [-0.3, -0.25) is 9.36 Å². The van der Waals surface area contributed by atoms with Crippen molar-refractivity contribution < 1.29 is 0 Å². The van der Waals surface area contributed by atoms with Crippen LogP contribution in [0.15, 0.2) is 46.5 Å². The molecular formula is C12H11ClN2OS. The minimum absolute atomic E-state index is 0.0476. The maximum Gasteiger partial charge on any atom is 0.253 e. The molecule has 1 aromatic heterocycles. The number of hydrogen-bond acceptors (Lipinski definition) is 3. The van der Waals surface area contributed by atoms with Gasteiger partial charge in [0, 0.05) is 30.1 Å². The lowest BCUT2D eigenvalue weighted by molar-refractivity contribution is 0.708. The van der Waals surface area contributed by atoms with Crippen LogP contribution in [0.25, 0.3) is 0 Å². The molecule has 0 saturated heterocycles. The number of nitrogens with zero attached hydrogens (tertiary/aromatic N) is 2. The summed E-state index contributed by atoms with van der Waals surface area (Å²) in [5, 5.41) is 1.43. The lowest BCUT2D eigenvalue weighted by Gasteiger charge is -2.05. The van der Waals surface area contributed by atoms with Crippen LogP contribution >= 0.6 is 23.4 Å². The van der Waals surface area contributed by atoms with Crippen molar-refractivity contribution in [1.29, 1.82) is 0 Å². The summed E-state index contributed by atoms with van der Waals surface area (Å²) in [6, 6.07) is 9.11. The molecule has 2 rings (SSSR count).